The van der Waals surface area contributed by atoms with Gasteiger partial charge in [0.25, 0.3) is 0 Å². The highest BCUT2D eigenvalue weighted by Gasteiger charge is 2.21. The predicted octanol–water partition coefficient (Wildman–Crippen LogP) is 3.48. The number of aromatic nitrogens is 1. The minimum Gasteiger partial charge on any atom is -0.388 e. The smallest absolute Gasteiger partial charge is 0.0833 e. The topological polar surface area (TPSA) is 33.1 Å². The van der Waals surface area contributed by atoms with E-state index >= 15 is 0 Å². The second-order valence-corrected chi connectivity index (χ2v) is 4.84. The summed E-state index contributed by atoms with van der Waals surface area (Å²) in [6.07, 6.45) is 12.1. The zero-order valence-corrected chi connectivity index (χ0v) is 9.81. The van der Waals surface area contributed by atoms with Gasteiger partial charge in [0.2, 0.25) is 0 Å². The van der Waals surface area contributed by atoms with Gasteiger partial charge in [-0.2, -0.15) is 0 Å². The molecule has 0 spiro atoms. The van der Waals surface area contributed by atoms with Gasteiger partial charge < -0.3 is 5.11 Å². The molecule has 0 aromatic carbocycles. The Bertz CT molecular complexity index is 291. The Hall–Kier alpha value is -0.890. The average molecular weight is 219 g/mol. The van der Waals surface area contributed by atoms with E-state index in [2.05, 4.69) is 4.98 Å². The zero-order valence-electron chi connectivity index (χ0n) is 9.81. The Morgan fingerprint density at radius 3 is 2.44 bits per heavy atom. The van der Waals surface area contributed by atoms with Gasteiger partial charge in [-0.05, 0) is 30.4 Å². The maximum atomic E-state index is 10.3. The molecule has 1 aliphatic rings. The molecule has 1 N–H and O–H groups in total. The van der Waals surface area contributed by atoms with Gasteiger partial charge in [0.05, 0.1) is 6.10 Å². The third-order valence-electron chi connectivity index (χ3n) is 3.62. The SMILES string of the molecule is OC(c1cccnc1)C1CCCCCCC1. The lowest BCUT2D eigenvalue weighted by atomic mass is 9.85. The molecule has 1 heterocycles. The Morgan fingerprint density at radius 1 is 1.12 bits per heavy atom. The first-order valence-corrected chi connectivity index (χ1v) is 6.46. The van der Waals surface area contributed by atoms with Crippen molar-refractivity contribution in [3.8, 4) is 0 Å². The van der Waals surface area contributed by atoms with Crippen LogP contribution >= 0.6 is 0 Å². The van der Waals surface area contributed by atoms with Crippen LogP contribution in [0.5, 0.6) is 0 Å². The number of nitrogens with zero attached hydrogens (tertiary/aromatic N) is 1. The number of aliphatic hydroxyl groups is 1. The fraction of sp³-hybridized carbons (Fsp3) is 0.643. The van der Waals surface area contributed by atoms with Crippen molar-refractivity contribution in [1.29, 1.82) is 0 Å². The minimum absolute atomic E-state index is 0.313. The van der Waals surface area contributed by atoms with Crippen LogP contribution in [0.15, 0.2) is 24.5 Å². The molecule has 1 aromatic heterocycles. The fourth-order valence-corrected chi connectivity index (χ4v) is 2.63. The van der Waals surface area contributed by atoms with Crippen molar-refractivity contribution in [3.63, 3.8) is 0 Å². The van der Waals surface area contributed by atoms with Gasteiger partial charge in [-0.1, -0.05) is 38.2 Å². The van der Waals surface area contributed by atoms with Crippen molar-refractivity contribution in [1.82, 2.24) is 4.98 Å². The lowest BCUT2D eigenvalue weighted by Crippen LogP contribution is -2.14. The lowest BCUT2D eigenvalue weighted by molar-refractivity contribution is 0.0910. The fourth-order valence-electron chi connectivity index (χ4n) is 2.63. The van der Waals surface area contributed by atoms with Crippen LogP contribution in [0.4, 0.5) is 0 Å². The number of aliphatic hydroxyl groups excluding tert-OH is 1. The minimum atomic E-state index is -0.313. The predicted molar refractivity (Wildman–Crippen MR) is 65.0 cm³/mol. The third-order valence-corrected chi connectivity index (χ3v) is 3.62. The van der Waals surface area contributed by atoms with Crippen LogP contribution < -0.4 is 0 Å². The molecule has 2 nitrogen and oxygen atoms in total. The molecule has 1 saturated carbocycles. The maximum absolute atomic E-state index is 10.3. The summed E-state index contributed by atoms with van der Waals surface area (Å²) in [6.45, 7) is 0. The largest absolute Gasteiger partial charge is 0.388 e. The van der Waals surface area contributed by atoms with Gasteiger partial charge in [-0.15, -0.1) is 0 Å². The number of hydrogen-bond donors (Lipinski definition) is 1. The van der Waals surface area contributed by atoms with E-state index in [1.54, 1.807) is 12.4 Å². The van der Waals surface area contributed by atoms with Crippen LogP contribution in [0.25, 0.3) is 0 Å². The molecule has 2 rings (SSSR count). The van der Waals surface area contributed by atoms with Crippen LogP contribution in [0.2, 0.25) is 0 Å². The molecule has 2 heteroatoms. The summed E-state index contributed by atoms with van der Waals surface area (Å²) >= 11 is 0. The molecular weight excluding hydrogens is 198 g/mol. The molecule has 1 aliphatic carbocycles. The summed E-state index contributed by atoms with van der Waals surface area (Å²) in [5, 5.41) is 10.3. The highest BCUT2D eigenvalue weighted by Crippen LogP contribution is 2.32. The van der Waals surface area contributed by atoms with E-state index in [0.29, 0.717) is 5.92 Å². The van der Waals surface area contributed by atoms with E-state index in [1.165, 1.54) is 32.1 Å². The molecule has 0 bridgehead atoms. The maximum Gasteiger partial charge on any atom is 0.0833 e. The summed E-state index contributed by atoms with van der Waals surface area (Å²) in [5.74, 6) is 0.435. The molecule has 1 atom stereocenters. The van der Waals surface area contributed by atoms with Crippen molar-refractivity contribution in [2.75, 3.05) is 0 Å². The number of hydrogen-bond acceptors (Lipinski definition) is 2. The Balaban J connectivity index is 1.99. The van der Waals surface area contributed by atoms with E-state index in [-0.39, 0.29) is 6.10 Å². The van der Waals surface area contributed by atoms with E-state index in [9.17, 15) is 5.11 Å². The summed E-state index contributed by atoms with van der Waals surface area (Å²) in [6, 6.07) is 3.89. The first-order chi connectivity index (χ1) is 7.88. The van der Waals surface area contributed by atoms with Gasteiger partial charge in [0.15, 0.2) is 0 Å². The van der Waals surface area contributed by atoms with Crippen LogP contribution in [0, 0.1) is 5.92 Å². The second-order valence-electron chi connectivity index (χ2n) is 4.84. The molecule has 0 saturated heterocycles. The molecule has 1 aromatic rings. The number of pyridine rings is 1. The monoisotopic (exact) mass is 219 g/mol. The van der Waals surface area contributed by atoms with E-state index in [1.807, 2.05) is 12.1 Å². The summed E-state index contributed by atoms with van der Waals surface area (Å²) in [7, 11) is 0. The normalized spacial score (nSPS) is 21.1. The van der Waals surface area contributed by atoms with Crippen LogP contribution in [0.1, 0.15) is 56.6 Å². The average Bonchev–Trinajstić information content (AvgIpc) is 2.29. The van der Waals surface area contributed by atoms with Gasteiger partial charge in [-0.25, -0.2) is 0 Å². The van der Waals surface area contributed by atoms with Gasteiger partial charge >= 0.3 is 0 Å². The Kier molecular flexibility index (Phi) is 4.34. The van der Waals surface area contributed by atoms with E-state index in [4.69, 9.17) is 0 Å². The second kappa shape index (κ2) is 6.00. The molecule has 0 aliphatic heterocycles. The van der Waals surface area contributed by atoms with Crippen LogP contribution in [0.3, 0.4) is 0 Å². The van der Waals surface area contributed by atoms with Crippen molar-refractivity contribution in [2.24, 2.45) is 5.92 Å². The molecule has 0 radical (unpaired) electrons. The van der Waals surface area contributed by atoms with E-state index in [0.717, 1.165) is 18.4 Å². The van der Waals surface area contributed by atoms with Crippen LogP contribution in [-0.2, 0) is 0 Å². The van der Waals surface area contributed by atoms with Gasteiger partial charge in [-0.3, -0.25) is 4.98 Å². The first-order valence-electron chi connectivity index (χ1n) is 6.46. The summed E-state index contributed by atoms with van der Waals surface area (Å²) in [5.41, 5.74) is 0.980. The van der Waals surface area contributed by atoms with Gasteiger partial charge in [0.1, 0.15) is 0 Å². The molecule has 0 amide bonds. The number of rotatable bonds is 2. The van der Waals surface area contributed by atoms with E-state index < -0.39 is 0 Å². The molecular formula is C14H21NO. The molecule has 1 unspecified atom stereocenters. The van der Waals surface area contributed by atoms with Crippen molar-refractivity contribution >= 4 is 0 Å². The Morgan fingerprint density at radius 2 is 1.81 bits per heavy atom. The Labute approximate surface area is 97.7 Å². The molecule has 1 fully saturated rings. The van der Waals surface area contributed by atoms with Crippen molar-refractivity contribution < 1.29 is 5.11 Å². The quantitative estimate of drug-likeness (QED) is 0.826. The van der Waals surface area contributed by atoms with Crippen molar-refractivity contribution in [3.05, 3.63) is 30.1 Å². The van der Waals surface area contributed by atoms with Crippen molar-refractivity contribution in [2.45, 2.75) is 51.0 Å². The zero-order chi connectivity index (χ0) is 11.2. The van der Waals surface area contributed by atoms with Crippen LogP contribution in [-0.4, -0.2) is 10.1 Å². The highest BCUT2D eigenvalue weighted by atomic mass is 16.3. The van der Waals surface area contributed by atoms with Gasteiger partial charge in [0, 0.05) is 12.4 Å². The first kappa shape index (κ1) is 11.6. The third kappa shape index (κ3) is 3.05. The highest BCUT2D eigenvalue weighted by molar-refractivity contribution is 5.12. The summed E-state index contributed by atoms with van der Waals surface area (Å²) < 4.78 is 0. The molecule has 16 heavy (non-hydrogen) atoms. The summed E-state index contributed by atoms with van der Waals surface area (Å²) in [4.78, 5) is 4.08. The standard InChI is InChI=1S/C14H21NO/c16-14(13-9-6-10-15-11-13)12-7-4-2-1-3-5-8-12/h6,9-12,14,16H,1-5,7-8H2. The molecule has 88 valence electrons. The lowest BCUT2D eigenvalue weighted by Gasteiger charge is -2.24.